The summed E-state index contributed by atoms with van der Waals surface area (Å²) in [6.07, 6.45) is 4.83. The SMILES string of the molecule is CCC(CCOc1ccc(N2CCN(c3ccncc3)CC2)cc1)C(=O)O. The first-order chi connectivity index (χ1) is 13.2. The number of piperazine rings is 1. The Hall–Kier alpha value is -2.76. The molecule has 1 aliphatic heterocycles. The summed E-state index contributed by atoms with van der Waals surface area (Å²) in [4.78, 5) is 19.9. The molecule has 6 nitrogen and oxygen atoms in total. The fourth-order valence-corrected chi connectivity index (χ4v) is 3.35. The fraction of sp³-hybridized carbons (Fsp3) is 0.429. The van der Waals surface area contributed by atoms with Gasteiger partial charge in [0.25, 0.3) is 0 Å². The van der Waals surface area contributed by atoms with E-state index in [0.717, 1.165) is 31.9 Å². The Bertz CT molecular complexity index is 713. The van der Waals surface area contributed by atoms with Crippen molar-refractivity contribution < 1.29 is 14.6 Å². The number of hydrogen-bond acceptors (Lipinski definition) is 5. The third-order valence-corrected chi connectivity index (χ3v) is 5.09. The van der Waals surface area contributed by atoms with Gasteiger partial charge >= 0.3 is 5.97 Å². The number of carboxylic acid groups (broad SMARTS) is 1. The van der Waals surface area contributed by atoms with Crippen LogP contribution in [0.3, 0.4) is 0 Å². The number of ether oxygens (including phenoxy) is 1. The summed E-state index contributed by atoms with van der Waals surface area (Å²) >= 11 is 0. The molecule has 1 fully saturated rings. The number of benzene rings is 1. The van der Waals surface area contributed by atoms with E-state index in [1.54, 1.807) is 0 Å². The second-order valence-electron chi connectivity index (χ2n) is 6.75. The molecule has 0 radical (unpaired) electrons. The monoisotopic (exact) mass is 369 g/mol. The van der Waals surface area contributed by atoms with Gasteiger partial charge in [0, 0.05) is 49.9 Å². The molecule has 1 saturated heterocycles. The van der Waals surface area contributed by atoms with Gasteiger partial charge in [0.05, 0.1) is 12.5 Å². The maximum absolute atomic E-state index is 11.0. The third-order valence-electron chi connectivity index (χ3n) is 5.09. The van der Waals surface area contributed by atoms with Crippen LogP contribution in [0.2, 0.25) is 0 Å². The van der Waals surface area contributed by atoms with Crippen LogP contribution in [0, 0.1) is 5.92 Å². The van der Waals surface area contributed by atoms with Crippen molar-refractivity contribution in [1.29, 1.82) is 0 Å². The Balaban J connectivity index is 1.47. The van der Waals surface area contributed by atoms with Crippen LogP contribution in [0.1, 0.15) is 19.8 Å². The minimum Gasteiger partial charge on any atom is -0.494 e. The van der Waals surface area contributed by atoms with Crippen molar-refractivity contribution in [1.82, 2.24) is 4.98 Å². The van der Waals surface area contributed by atoms with E-state index in [2.05, 4.69) is 39.0 Å². The van der Waals surface area contributed by atoms with Crippen LogP contribution < -0.4 is 14.5 Å². The molecule has 6 heteroatoms. The van der Waals surface area contributed by atoms with Crippen molar-refractivity contribution in [2.45, 2.75) is 19.8 Å². The van der Waals surface area contributed by atoms with Crippen molar-refractivity contribution in [3.05, 3.63) is 48.8 Å². The quantitative estimate of drug-likeness (QED) is 0.770. The minimum absolute atomic E-state index is 0.332. The molecule has 1 atom stereocenters. The molecule has 1 aromatic heterocycles. The maximum atomic E-state index is 11.0. The molecule has 1 aromatic carbocycles. The number of pyridine rings is 1. The largest absolute Gasteiger partial charge is 0.494 e. The van der Waals surface area contributed by atoms with E-state index in [0.29, 0.717) is 19.4 Å². The van der Waals surface area contributed by atoms with Crippen molar-refractivity contribution in [2.75, 3.05) is 42.6 Å². The molecule has 0 aliphatic carbocycles. The average molecular weight is 369 g/mol. The smallest absolute Gasteiger partial charge is 0.306 e. The van der Waals surface area contributed by atoms with E-state index in [1.807, 2.05) is 31.5 Å². The minimum atomic E-state index is -0.748. The Morgan fingerprint density at radius 3 is 2.11 bits per heavy atom. The lowest BCUT2D eigenvalue weighted by Crippen LogP contribution is -2.46. The molecule has 0 saturated carbocycles. The molecule has 144 valence electrons. The normalized spacial score (nSPS) is 15.4. The molecule has 0 bridgehead atoms. The topological polar surface area (TPSA) is 65.9 Å². The van der Waals surface area contributed by atoms with Gasteiger partial charge in [-0.05, 0) is 49.2 Å². The zero-order chi connectivity index (χ0) is 19.1. The number of nitrogens with zero attached hydrogens (tertiary/aromatic N) is 3. The van der Waals surface area contributed by atoms with Crippen LogP contribution in [0.5, 0.6) is 5.75 Å². The summed E-state index contributed by atoms with van der Waals surface area (Å²) in [6, 6.07) is 12.2. The van der Waals surface area contributed by atoms with E-state index in [9.17, 15) is 4.79 Å². The van der Waals surface area contributed by atoms with Crippen LogP contribution in [0.25, 0.3) is 0 Å². The number of rotatable bonds is 8. The first kappa shape index (κ1) is 19.0. The highest BCUT2D eigenvalue weighted by atomic mass is 16.5. The lowest BCUT2D eigenvalue weighted by molar-refractivity contribution is -0.142. The Morgan fingerprint density at radius 2 is 1.59 bits per heavy atom. The molecule has 3 rings (SSSR count). The fourth-order valence-electron chi connectivity index (χ4n) is 3.35. The van der Waals surface area contributed by atoms with Gasteiger partial charge in [0.15, 0.2) is 0 Å². The van der Waals surface area contributed by atoms with E-state index >= 15 is 0 Å². The van der Waals surface area contributed by atoms with Crippen molar-refractivity contribution in [3.63, 3.8) is 0 Å². The van der Waals surface area contributed by atoms with Gasteiger partial charge in [-0.3, -0.25) is 9.78 Å². The number of hydrogen-bond donors (Lipinski definition) is 1. The van der Waals surface area contributed by atoms with Crippen LogP contribution in [-0.4, -0.2) is 48.8 Å². The van der Waals surface area contributed by atoms with Gasteiger partial charge in [-0.25, -0.2) is 0 Å². The summed E-state index contributed by atoms with van der Waals surface area (Å²) in [5, 5.41) is 9.07. The molecule has 1 unspecified atom stereocenters. The summed E-state index contributed by atoms with van der Waals surface area (Å²) in [6.45, 7) is 6.22. The van der Waals surface area contributed by atoms with Gasteiger partial charge in [-0.15, -0.1) is 0 Å². The summed E-state index contributed by atoms with van der Waals surface area (Å²) < 4.78 is 5.71. The molecule has 1 N–H and O–H groups in total. The van der Waals surface area contributed by atoms with E-state index < -0.39 is 5.97 Å². The van der Waals surface area contributed by atoms with Crippen molar-refractivity contribution in [3.8, 4) is 5.75 Å². The van der Waals surface area contributed by atoms with Crippen molar-refractivity contribution in [2.24, 2.45) is 5.92 Å². The Kier molecular flexibility index (Phi) is 6.52. The third kappa shape index (κ3) is 5.12. The van der Waals surface area contributed by atoms with Crippen LogP contribution in [0.4, 0.5) is 11.4 Å². The molecule has 27 heavy (non-hydrogen) atoms. The highest BCUT2D eigenvalue weighted by Gasteiger charge is 2.18. The lowest BCUT2D eigenvalue weighted by atomic mass is 10.0. The molecule has 0 amide bonds. The predicted molar refractivity (Wildman–Crippen MR) is 107 cm³/mol. The van der Waals surface area contributed by atoms with Gasteiger partial charge < -0.3 is 19.6 Å². The van der Waals surface area contributed by atoms with Gasteiger partial charge in [0.2, 0.25) is 0 Å². The molecule has 2 heterocycles. The zero-order valence-electron chi connectivity index (χ0n) is 15.8. The Morgan fingerprint density at radius 1 is 1.04 bits per heavy atom. The van der Waals surface area contributed by atoms with E-state index in [1.165, 1.54) is 11.4 Å². The first-order valence-electron chi connectivity index (χ1n) is 9.53. The van der Waals surface area contributed by atoms with Gasteiger partial charge in [-0.2, -0.15) is 0 Å². The molecule has 0 spiro atoms. The number of carbonyl (C=O) groups is 1. The summed E-state index contributed by atoms with van der Waals surface area (Å²) in [5.41, 5.74) is 2.41. The number of aliphatic carboxylic acids is 1. The summed E-state index contributed by atoms with van der Waals surface area (Å²) in [5.74, 6) is -0.294. The predicted octanol–water partition coefficient (Wildman–Crippen LogP) is 3.29. The standard InChI is InChI=1S/C21H27N3O3/c1-2-17(21(25)26)9-16-27-20-5-3-18(4-6-20)23-12-14-24(15-13-23)19-7-10-22-11-8-19/h3-8,10-11,17H,2,9,12-16H2,1H3,(H,25,26). The lowest BCUT2D eigenvalue weighted by Gasteiger charge is -2.37. The molecule has 1 aliphatic rings. The number of aromatic nitrogens is 1. The Labute approximate surface area is 160 Å². The van der Waals surface area contributed by atoms with Crippen LogP contribution >= 0.6 is 0 Å². The molecular weight excluding hydrogens is 342 g/mol. The zero-order valence-corrected chi connectivity index (χ0v) is 15.8. The van der Waals surface area contributed by atoms with Crippen LogP contribution in [0.15, 0.2) is 48.8 Å². The second kappa shape index (κ2) is 9.26. The molecular formula is C21H27N3O3. The number of anilines is 2. The summed E-state index contributed by atoms with van der Waals surface area (Å²) in [7, 11) is 0. The average Bonchev–Trinajstić information content (AvgIpc) is 2.72. The van der Waals surface area contributed by atoms with Crippen LogP contribution in [-0.2, 0) is 4.79 Å². The second-order valence-corrected chi connectivity index (χ2v) is 6.75. The first-order valence-corrected chi connectivity index (χ1v) is 9.53. The highest BCUT2D eigenvalue weighted by molar-refractivity contribution is 5.69. The van der Waals surface area contributed by atoms with Gasteiger partial charge in [-0.1, -0.05) is 6.92 Å². The van der Waals surface area contributed by atoms with E-state index in [4.69, 9.17) is 9.84 Å². The van der Waals surface area contributed by atoms with Crippen molar-refractivity contribution >= 4 is 17.3 Å². The number of carboxylic acids is 1. The highest BCUT2D eigenvalue weighted by Crippen LogP contribution is 2.23. The maximum Gasteiger partial charge on any atom is 0.306 e. The van der Waals surface area contributed by atoms with E-state index in [-0.39, 0.29) is 5.92 Å². The molecule has 2 aromatic rings. The van der Waals surface area contributed by atoms with Gasteiger partial charge in [0.1, 0.15) is 5.75 Å².